The van der Waals surface area contributed by atoms with Crippen LogP contribution in [0.4, 0.5) is 0 Å². The van der Waals surface area contributed by atoms with Crippen molar-refractivity contribution in [2.24, 2.45) is 22.5 Å². The molecule has 0 heterocycles. The van der Waals surface area contributed by atoms with Crippen molar-refractivity contribution >= 4 is 0 Å². The van der Waals surface area contributed by atoms with Gasteiger partial charge in [0.2, 0.25) is 0 Å². The van der Waals surface area contributed by atoms with Gasteiger partial charge in [-0.2, -0.15) is 0 Å². The minimum atomic E-state index is 0.0664. The summed E-state index contributed by atoms with van der Waals surface area (Å²) in [4.78, 5) is 0. The minimum Gasteiger partial charge on any atom is -0.396 e. The summed E-state index contributed by atoms with van der Waals surface area (Å²) in [5.74, 6) is 0.799. The van der Waals surface area contributed by atoms with Gasteiger partial charge in [-0.25, -0.2) is 0 Å². The predicted molar refractivity (Wildman–Crippen MR) is 55.7 cm³/mol. The fraction of sp³-hybridized carbons (Fsp3) is 1.00. The second kappa shape index (κ2) is 2.35. The molecule has 80 valence electrons. The molecule has 4 rings (SSSR count). The van der Waals surface area contributed by atoms with Crippen molar-refractivity contribution in [2.45, 2.75) is 51.0 Å². The molecule has 3 N–H and O–H groups in total. The summed E-state index contributed by atoms with van der Waals surface area (Å²) in [6.45, 7) is 2.74. The van der Waals surface area contributed by atoms with Crippen LogP contribution >= 0.6 is 0 Å². The lowest BCUT2D eigenvalue weighted by Crippen LogP contribution is -2.64. The Labute approximate surface area is 85.9 Å². The fourth-order valence-electron chi connectivity index (χ4n) is 5.40. The van der Waals surface area contributed by atoms with Gasteiger partial charge < -0.3 is 10.8 Å². The quantitative estimate of drug-likeness (QED) is 0.668. The Kier molecular flexibility index (Phi) is 1.54. The van der Waals surface area contributed by atoms with Crippen LogP contribution in [0.3, 0.4) is 0 Å². The Bertz CT molecular complexity index is 257. The standard InChI is InChI=1S/C12H21NO/c1-10-2-9-3-11(5-10,8-14)7-12(13,4-9)6-10/h9,14H,2-8,13H2,1H3/t9-,10-,11-,12-/m1/s1. The first kappa shape index (κ1) is 9.17. The number of nitrogens with two attached hydrogens (primary N) is 1. The summed E-state index contributed by atoms with van der Waals surface area (Å²) < 4.78 is 0. The van der Waals surface area contributed by atoms with Crippen LogP contribution in [0.15, 0.2) is 0 Å². The van der Waals surface area contributed by atoms with E-state index in [0.29, 0.717) is 12.0 Å². The summed E-state index contributed by atoms with van der Waals surface area (Å²) in [5.41, 5.74) is 7.16. The summed E-state index contributed by atoms with van der Waals surface area (Å²) >= 11 is 0. The van der Waals surface area contributed by atoms with Crippen molar-refractivity contribution in [3.63, 3.8) is 0 Å². The third kappa shape index (κ3) is 1.10. The Morgan fingerprint density at radius 3 is 2.57 bits per heavy atom. The molecule has 4 aliphatic rings. The van der Waals surface area contributed by atoms with Gasteiger partial charge in [-0.05, 0) is 55.3 Å². The summed E-state index contributed by atoms with van der Waals surface area (Å²) in [6.07, 6.45) is 7.28. The van der Waals surface area contributed by atoms with E-state index in [9.17, 15) is 5.11 Å². The van der Waals surface area contributed by atoms with Crippen molar-refractivity contribution < 1.29 is 5.11 Å². The molecule has 4 fully saturated rings. The lowest BCUT2D eigenvalue weighted by atomic mass is 9.42. The van der Waals surface area contributed by atoms with Gasteiger partial charge in [-0.1, -0.05) is 6.92 Å². The second-order valence-electron chi connectivity index (χ2n) is 6.84. The predicted octanol–water partition coefficient (Wildman–Crippen LogP) is 1.67. The first-order valence-corrected chi connectivity index (χ1v) is 5.87. The normalized spacial score (nSPS) is 60.6. The van der Waals surface area contributed by atoms with Crippen LogP contribution in [0.2, 0.25) is 0 Å². The van der Waals surface area contributed by atoms with Crippen LogP contribution in [0.25, 0.3) is 0 Å². The maximum absolute atomic E-state index is 9.60. The van der Waals surface area contributed by atoms with Crippen molar-refractivity contribution in [1.29, 1.82) is 0 Å². The molecular weight excluding hydrogens is 174 g/mol. The fourth-order valence-corrected chi connectivity index (χ4v) is 5.40. The SMILES string of the molecule is C[C@]12C[C@H]3C[C@@](N)(C1)C[C@@](CO)(C3)C2. The van der Waals surface area contributed by atoms with Crippen molar-refractivity contribution in [1.82, 2.24) is 0 Å². The van der Waals surface area contributed by atoms with Gasteiger partial charge in [0, 0.05) is 12.1 Å². The van der Waals surface area contributed by atoms with Gasteiger partial charge in [0.05, 0.1) is 0 Å². The van der Waals surface area contributed by atoms with Gasteiger partial charge in [-0.15, -0.1) is 0 Å². The smallest absolute Gasteiger partial charge is 0.0488 e. The zero-order valence-electron chi connectivity index (χ0n) is 9.05. The van der Waals surface area contributed by atoms with Gasteiger partial charge in [0.15, 0.2) is 0 Å². The molecule has 0 spiro atoms. The van der Waals surface area contributed by atoms with Crippen LogP contribution in [-0.2, 0) is 0 Å². The van der Waals surface area contributed by atoms with Crippen LogP contribution < -0.4 is 5.73 Å². The van der Waals surface area contributed by atoms with E-state index in [1.54, 1.807) is 0 Å². The number of hydrogen-bond acceptors (Lipinski definition) is 2. The Morgan fingerprint density at radius 2 is 2.00 bits per heavy atom. The van der Waals surface area contributed by atoms with Gasteiger partial charge in [0.25, 0.3) is 0 Å². The molecule has 4 bridgehead atoms. The lowest BCUT2D eigenvalue weighted by Gasteiger charge is -2.64. The molecule has 0 aromatic rings. The van der Waals surface area contributed by atoms with E-state index < -0.39 is 0 Å². The van der Waals surface area contributed by atoms with Crippen LogP contribution in [0.5, 0.6) is 0 Å². The van der Waals surface area contributed by atoms with Crippen molar-refractivity contribution in [2.75, 3.05) is 6.61 Å². The molecule has 2 heteroatoms. The molecule has 4 saturated carbocycles. The third-order valence-corrected chi connectivity index (χ3v) is 4.84. The van der Waals surface area contributed by atoms with E-state index in [1.807, 2.05) is 0 Å². The highest BCUT2D eigenvalue weighted by Crippen LogP contribution is 2.65. The number of hydrogen-bond donors (Lipinski definition) is 2. The average molecular weight is 195 g/mol. The van der Waals surface area contributed by atoms with Gasteiger partial charge in [-0.3, -0.25) is 0 Å². The molecule has 2 nitrogen and oxygen atoms in total. The Hall–Kier alpha value is -0.0800. The molecule has 0 aromatic carbocycles. The Morgan fingerprint density at radius 1 is 1.21 bits per heavy atom. The van der Waals surface area contributed by atoms with E-state index in [1.165, 1.54) is 32.1 Å². The molecule has 0 unspecified atom stereocenters. The topological polar surface area (TPSA) is 46.2 Å². The number of rotatable bonds is 1. The molecule has 0 radical (unpaired) electrons. The van der Waals surface area contributed by atoms with E-state index in [0.717, 1.165) is 12.3 Å². The summed E-state index contributed by atoms with van der Waals surface area (Å²) in [5, 5.41) is 9.60. The highest BCUT2D eigenvalue weighted by molar-refractivity contribution is 5.14. The molecule has 0 amide bonds. The molecule has 4 atom stereocenters. The maximum Gasteiger partial charge on any atom is 0.0488 e. The highest BCUT2D eigenvalue weighted by atomic mass is 16.3. The van der Waals surface area contributed by atoms with E-state index in [4.69, 9.17) is 5.73 Å². The number of aliphatic hydroxyl groups excluding tert-OH is 1. The maximum atomic E-state index is 9.60. The van der Waals surface area contributed by atoms with Crippen LogP contribution in [0, 0.1) is 16.7 Å². The van der Waals surface area contributed by atoms with Crippen LogP contribution in [0.1, 0.15) is 45.4 Å². The molecule has 14 heavy (non-hydrogen) atoms. The van der Waals surface area contributed by atoms with Crippen LogP contribution in [-0.4, -0.2) is 17.3 Å². The lowest BCUT2D eigenvalue weighted by molar-refractivity contribution is -0.132. The van der Waals surface area contributed by atoms with Crippen molar-refractivity contribution in [3.8, 4) is 0 Å². The summed E-state index contributed by atoms with van der Waals surface area (Å²) in [7, 11) is 0. The van der Waals surface area contributed by atoms with E-state index in [-0.39, 0.29) is 11.0 Å². The largest absolute Gasteiger partial charge is 0.396 e. The zero-order chi connectivity index (χ0) is 10.0. The van der Waals surface area contributed by atoms with Gasteiger partial charge in [0.1, 0.15) is 0 Å². The molecule has 4 aliphatic carbocycles. The average Bonchev–Trinajstić information content (AvgIpc) is 1.97. The van der Waals surface area contributed by atoms with Crippen molar-refractivity contribution in [3.05, 3.63) is 0 Å². The minimum absolute atomic E-state index is 0.0664. The second-order valence-corrected chi connectivity index (χ2v) is 6.84. The number of aliphatic hydroxyl groups is 1. The molecule has 0 saturated heterocycles. The molecule has 0 aliphatic heterocycles. The van der Waals surface area contributed by atoms with E-state index in [2.05, 4.69) is 6.92 Å². The van der Waals surface area contributed by atoms with E-state index >= 15 is 0 Å². The first-order valence-electron chi connectivity index (χ1n) is 5.87. The third-order valence-electron chi connectivity index (χ3n) is 4.84. The molecule has 0 aromatic heterocycles. The zero-order valence-corrected chi connectivity index (χ0v) is 9.05. The molecular formula is C12H21NO. The van der Waals surface area contributed by atoms with Gasteiger partial charge >= 0.3 is 0 Å². The monoisotopic (exact) mass is 195 g/mol. The summed E-state index contributed by atoms with van der Waals surface area (Å²) in [6, 6.07) is 0. The Balaban J connectivity index is 2.01. The first-order chi connectivity index (χ1) is 6.47. The highest BCUT2D eigenvalue weighted by Gasteiger charge is 2.60.